The zero-order valence-electron chi connectivity index (χ0n) is 20.4. The third kappa shape index (κ3) is 5.62. The lowest BCUT2D eigenvalue weighted by Gasteiger charge is -2.20. The summed E-state index contributed by atoms with van der Waals surface area (Å²) in [6.07, 6.45) is 4.05. The number of fused-ring (bicyclic) bond motifs is 2. The molecule has 5 rings (SSSR count). The van der Waals surface area contributed by atoms with Gasteiger partial charge in [0, 0.05) is 29.6 Å². The third-order valence-electron chi connectivity index (χ3n) is 6.34. The first kappa shape index (κ1) is 26.4. The van der Waals surface area contributed by atoms with Gasteiger partial charge in [0.1, 0.15) is 7.05 Å². The summed E-state index contributed by atoms with van der Waals surface area (Å²) in [6, 6.07) is 22.8. The second-order valence-corrected chi connectivity index (χ2v) is 13.0. The van der Waals surface area contributed by atoms with Gasteiger partial charge in [-0.05, 0) is 46.5 Å². The Labute approximate surface area is 225 Å². The molecule has 0 saturated heterocycles. The highest BCUT2D eigenvalue weighted by atomic mass is 32.2. The summed E-state index contributed by atoms with van der Waals surface area (Å²) >= 11 is 1.41. The van der Waals surface area contributed by atoms with Gasteiger partial charge in [-0.25, -0.2) is 4.57 Å². The lowest BCUT2D eigenvalue weighted by atomic mass is 9.98. The summed E-state index contributed by atoms with van der Waals surface area (Å²) in [5.74, 6) is -0.431. The molecule has 8 nitrogen and oxygen atoms in total. The fourth-order valence-electron chi connectivity index (χ4n) is 4.49. The second-order valence-electron chi connectivity index (χ2n) is 8.96. The fourth-order valence-corrected chi connectivity index (χ4v) is 6.60. The van der Waals surface area contributed by atoms with E-state index in [1.54, 1.807) is 6.07 Å². The van der Waals surface area contributed by atoms with E-state index < -0.39 is 26.0 Å². The van der Waals surface area contributed by atoms with E-state index in [0.29, 0.717) is 5.69 Å². The number of anilines is 1. The first-order valence-corrected chi connectivity index (χ1v) is 15.6. The smallest absolute Gasteiger partial charge is 0.294 e. The van der Waals surface area contributed by atoms with Crippen LogP contribution in [0.15, 0.2) is 93.8 Å². The maximum Gasteiger partial charge on any atom is 0.294 e. The molecule has 11 heteroatoms. The van der Waals surface area contributed by atoms with Crippen LogP contribution >= 0.6 is 11.8 Å². The van der Waals surface area contributed by atoms with Crippen molar-refractivity contribution in [2.45, 2.75) is 16.2 Å². The highest BCUT2D eigenvalue weighted by molar-refractivity contribution is 8.03. The summed E-state index contributed by atoms with van der Waals surface area (Å²) in [4.78, 5) is 2.33. The summed E-state index contributed by atoms with van der Waals surface area (Å²) in [6.45, 7) is 0.216. The van der Waals surface area contributed by atoms with E-state index in [-0.39, 0.29) is 17.9 Å². The molecule has 2 heterocycles. The van der Waals surface area contributed by atoms with Crippen molar-refractivity contribution in [3.63, 3.8) is 0 Å². The normalized spacial score (nSPS) is 14.8. The van der Waals surface area contributed by atoms with Crippen molar-refractivity contribution in [2.75, 3.05) is 17.2 Å². The summed E-state index contributed by atoms with van der Waals surface area (Å²) < 4.78 is 66.9. The van der Waals surface area contributed by atoms with Gasteiger partial charge >= 0.3 is 0 Å². The average Bonchev–Trinajstić information content (AvgIpc) is 3.20. The van der Waals surface area contributed by atoms with Crippen molar-refractivity contribution < 1.29 is 30.5 Å². The zero-order chi connectivity index (χ0) is 27.1. The van der Waals surface area contributed by atoms with Crippen molar-refractivity contribution in [3.8, 4) is 11.1 Å². The average molecular weight is 570 g/mol. The fraction of sp³-hybridized carbons (Fsp3) is 0.148. The van der Waals surface area contributed by atoms with Crippen LogP contribution in [0.4, 0.5) is 5.69 Å². The Hall–Kier alpha value is -3.22. The van der Waals surface area contributed by atoms with Crippen LogP contribution in [0.1, 0.15) is 12.1 Å². The van der Waals surface area contributed by atoms with Gasteiger partial charge in [0.25, 0.3) is 20.2 Å². The first-order chi connectivity index (χ1) is 18.0. The van der Waals surface area contributed by atoms with Crippen LogP contribution in [0.3, 0.4) is 0 Å². The lowest BCUT2D eigenvalue weighted by molar-refractivity contribution is -0.673. The Morgan fingerprint density at radius 1 is 0.947 bits per heavy atom. The molecule has 0 bridgehead atoms. The highest BCUT2D eigenvalue weighted by Gasteiger charge is 2.28. The van der Waals surface area contributed by atoms with Crippen molar-refractivity contribution in [1.82, 2.24) is 0 Å². The Balaban J connectivity index is 1.57. The Bertz CT molecular complexity index is 1800. The predicted octanol–water partition coefficient (Wildman–Crippen LogP) is 4.77. The maximum absolute atomic E-state index is 11.8. The molecule has 0 radical (unpaired) electrons. The number of hydrogen-bond acceptors (Lipinski definition) is 6. The number of thioether (sulfide) groups is 1. The molecule has 196 valence electrons. The van der Waals surface area contributed by atoms with E-state index in [4.69, 9.17) is 0 Å². The Kier molecular flexibility index (Phi) is 7.05. The second kappa shape index (κ2) is 10.2. The standard InChI is InChI=1S/C27H24N2O6S3/c1-28-14-12-20(24-9-4-7-19-6-2-3-8-23(19)24)16-21(28)17-27-29(13-5-15-37(30,31)32)25-18-22(38(33,34)35)10-11-26(25)36-27/h2-4,6-12,14,16-18H,5,13,15H2,1H3,(H-,30,31,32,33,34,35)/p+1. The van der Waals surface area contributed by atoms with Crippen molar-refractivity contribution in [3.05, 3.63) is 89.7 Å². The predicted molar refractivity (Wildman–Crippen MR) is 149 cm³/mol. The SMILES string of the molecule is C[n+]1ccc(-c2cccc3ccccc23)cc1C=C1Sc2ccc(S(=O)(=O)O)cc2N1CCCS(=O)(=O)O. The van der Waals surface area contributed by atoms with Crippen LogP contribution in [0.5, 0.6) is 0 Å². The maximum atomic E-state index is 11.8. The number of aryl methyl sites for hydroxylation is 1. The number of nitrogens with zero attached hydrogens (tertiary/aromatic N) is 2. The Morgan fingerprint density at radius 2 is 1.71 bits per heavy atom. The molecular weight excluding hydrogens is 545 g/mol. The number of hydrogen-bond donors (Lipinski definition) is 2. The molecule has 1 aliphatic rings. The van der Waals surface area contributed by atoms with Gasteiger partial charge in [0.15, 0.2) is 6.20 Å². The van der Waals surface area contributed by atoms with E-state index in [9.17, 15) is 25.9 Å². The molecule has 3 aromatic carbocycles. The largest absolute Gasteiger partial charge is 0.335 e. The van der Waals surface area contributed by atoms with Gasteiger partial charge in [0.05, 0.1) is 21.4 Å². The topological polar surface area (TPSA) is 116 Å². The summed E-state index contributed by atoms with van der Waals surface area (Å²) in [5.41, 5.74) is 3.53. The quantitative estimate of drug-likeness (QED) is 0.242. The van der Waals surface area contributed by atoms with Crippen LogP contribution in [-0.4, -0.2) is 38.2 Å². The molecule has 0 aliphatic carbocycles. The number of aromatic nitrogens is 1. The van der Waals surface area contributed by atoms with E-state index >= 15 is 0 Å². The minimum absolute atomic E-state index is 0.119. The Morgan fingerprint density at radius 3 is 2.47 bits per heavy atom. The van der Waals surface area contributed by atoms with Gasteiger partial charge in [-0.15, -0.1) is 0 Å². The molecule has 0 atom stereocenters. The highest BCUT2D eigenvalue weighted by Crippen LogP contribution is 2.47. The van der Waals surface area contributed by atoms with E-state index in [1.807, 2.05) is 53.1 Å². The zero-order valence-corrected chi connectivity index (χ0v) is 22.8. The van der Waals surface area contributed by atoms with Gasteiger partial charge in [-0.3, -0.25) is 9.11 Å². The lowest BCUT2D eigenvalue weighted by Crippen LogP contribution is -2.31. The molecule has 38 heavy (non-hydrogen) atoms. The van der Waals surface area contributed by atoms with Crippen LogP contribution in [0.2, 0.25) is 0 Å². The number of pyridine rings is 1. The molecule has 1 aromatic heterocycles. The van der Waals surface area contributed by atoms with Crippen LogP contribution in [-0.2, 0) is 27.3 Å². The van der Waals surface area contributed by atoms with Gasteiger partial charge < -0.3 is 4.90 Å². The minimum Gasteiger partial charge on any atom is -0.335 e. The van der Waals surface area contributed by atoms with E-state index in [2.05, 4.69) is 30.3 Å². The molecule has 1 aliphatic heterocycles. The van der Waals surface area contributed by atoms with Gasteiger partial charge in [0.2, 0.25) is 5.69 Å². The molecule has 4 aromatic rings. The van der Waals surface area contributed by atoms with Crippen LogP contribution in [0.25, 0.3) is 28.0 Å². The summed E-state index contributed by atoms with van der Waals surface area (Å²) in [5, 5.41) is 3.03. The molecule has 0 saturated carbocycles. The minimum atomic E-state index is -4.42. The summed E-state index contributed by atoms with van der Waals surface area (Å²) in [7, 11) is -6.66. The van der Waals surface area contributed by atoms with Crippen molar-refractivity contribution in [1.29, 1.82) is 0 Å². The van der Waals surface area contributed by atoms with Gasteiger partial charge in [-0.2, -0.15) is 16.8 Å². The molecule has 0 unspecified atom stereocenters. The van der Waals surface area contributed by atoms with Gasteiger partial charge in [-0.1, -0.05) is 54.2 Å². The molecule has 0 spiro atoms. The van der Waals surface area contributed by atoms with Crippen molar-refractivity contribution in [2.24, 2.45) is 7.05 Å². The number of benzene rings is 3. The van der Waals surface area contributed by atoms with E-state index in [0.717, 1.165) is 37.5 Å². The molecule has 2 N–H and O–H groups in total. The van der Waals surface area contributed by atoms with Crippen molar-refractivity contribution >= 4 is 54.5 Å². The number of rotatable bonds is 7. The molecule has 0 fully saturated rings. The van der Waals surface area contributed by atoms with Crippen LogP contribution in [0, 0.1) is 0 Å². The first-order valence-electron chi connectivity index (χ1n) is 11.7. The molecular formula is C27H25N2O6S3+. The molecule has 0 amide bonds. The van der Waals surface area contributed by atoms with Crippen LogP contribution < -0.4 is 9.47 Å². The van der Waals surface area contributed by atoms with E-state index in [1.165, 1.54) is 23.9 Å². The third-order valence-corrected chi connectivity index (χ3v) is 9.11. The monoisotopic (exact) mass is 569 g/mol.